The van der Waals surface area contributed by atoms with E-state index >= 15 is 0 Å². The molecule has 0 spiro atoms. The van der Waals surface area contributed by atoms with E-state index in [2.05, 4.69) is 27.8 Å². The van der Waals surface area contributed by atoms with Crippen LogP contribution in [-0.4, -0.2) is 4.98 Å². The van der Waals surface area contributed by atoms with E-state index in [1.165, 1.54) is 12.8 Å². The topological polar surface area (TPSA) is 26.0 Å². The van der Waals surface area contributed by atoms with Crippen molar-refractivity contribution in [1.82, 2.24) is 4.98 Å². The standard InChI is InChI=1S/C13H12BrNO/c1-13(6-7-13)11-8-15-12(16-11)9-2-4-10(14)5-3-9/h2-5,8H,6-7H2,1H3. The van der Waals surface area contributed by atoms with Crippen LogP contribution in [0.4, 0.5) is 0 Å². The maximum absolute atomic E-state index is 5.81. The average molecular weight is 278 g/mol. The van der Waals surface area contributed by atoms with Crippen molar-refractivity contribution in [2.24, 2.45) is 0 Å². The lowest BCUT2D eigenvalue weighted by molar-refractivity contribution is 0.474. The van der Waals surface area contributed by atoms with Crippen molar-refractivity contribution < 1.29 is 4.42 Å². The first-order valence-electron chi connectivity index (χ1n) is 5.40. The average Bonchev–Trinajstić information content (AvgIpc) is 2.84. The van der Waals surface area contributed by atoms with E-state index in [1.54, 1.807) is 0 Å². The highest BCUT2D eigenvalue weighted by atomic mass is 79.9. The van der Waals surface area contributed by atoms with Gasteiger partial charge in [-0.2, -0.15) is 0 Å². The Morgan fingerprint density at radius 2 is 1.94 bits per heavy atom. The Balaban J connectivity index is 1.95. The van der Waals surface area contributed by atoms with E-state index in [1.807, 2.05) is 30.5 Å². The Hall–Kier alpha value is -1.09. The van der Waals surface area contributed by atoms with Crippen molar-refractivity contribution in [3.8, 4) is 11.5 Å². The number of rotatable bonds is 2. The molecule has 0 bridgehead atoms. The molecule has 0 aliphatic heterocycles. The van der Waals surface area contributed by atoms with Crippen LogP contribution in [0.3, 0.4) is 0 Å². The fourth-order valence-electron chi connectivity index (χ4n) is 1.71. The van der Waals surface area contributed by atoms with Gasteiger partial charge < -0.3 is 4.42 Å². The van der Waals surface area contributed by atoms with Gasteiger partial charge in [-0.15, -0.1) is 0 Å². The number of oxazole rings is 1. The van der Waals surface area contributed by atoms with E-state index in [4.69, 9.17) is 4.42 Å². The van der Waals surface area contributed by atoms with Crippen molar-refractivity contribution in [2.75, 3.05) is 0 Å². The summed E-state index contributed by atoms with van der Waals surface area (Å²) in [7, 11) is 0. The monoisotopic (exact) mass is 277 g/mol. The van der Waals surface area contributed by atoms with Gasteiger partial charge in [-0.25, -0.2) is 4.98 Å². The van der Waals surface area contributed by atoms with Gasteiger partial charge in [0.1, 0.15) is 5.76 Å². The van der Waals surface area contributed by atoms with Crippen LogP contribution >= 0.6 is 15.9 Å². The van der Waals surface area contributed by atoms with E-state index in [0.29, 0.717) is 0 Å². The predicted molar refractivity (Wildman–Crippen MR) is 66.2 cm³/mol. The summed E-state index contributed by atoms with van der Waals surface area (Å²) in [5.41, 5.74) is 1.28. The molecule has 1 heterocycles. The SMILES string of the molecule is CC1(c2cnc(-c3ccc(Br)cc3)o2)CC1. The van der Waals surface area contributed by atoms with Gasteiger partial charge in [0.15, 0.2) is 0 Å². The molecule has 1 saturated carbocycles. The largest absolute Gasteiger partial charge is 0.441 e. The molecule has 0 saturated heterocycles. The van der Waals surface area contributed by atoms with Crippen LogP contribution in [0.5, 0.6) is 0 Å². The van der Waals surface area contributed by atoms with Crippen LogP contribution in [0.15, 0.2) is 39.4 Å². The maximum atomic E-state index is 5.81. The lowest BCUT2D eigenvalue weighted by Crippen LogP contribution is -1.95. The summed E-state index contributed by atoms with van der Waals surface area (Å²) < 4.78 is 6.88. The molecular formula is C13H12BrNO. The van der Waals surface area contributed by atoms with Crippen molar-refractivity contribution in [3.63, 3.8) is 0 Å². The molecule has 3 rings (SSSR count). The molecule has 0 radical (unpaired) electrons. The van der Waals surface area contributed by atoms with Crippen molar-refractivity contribution in [2.45, 2.75) is 25.2 Å². The fourth-order valence-corrected chi connectivity index (χ4v) is 1.98. The van der Waals surface area contributed by atoms with Crippen molar-refractivity contribution in [1.29, 1.82) is 0 Å². The quantitative estimate of drug-likeness (QED) is 0.824. The Labute approximate surface area is 103 Å². The summed E-state index contributed by atoms with van der Waals surface area (Å²) in [6.45, 7) is 2.22. The zero-order valence-electron chi connectivity index (χ0n) is 9.03. The molecule has 1 aliphatic rings. The maximum Gasteiger partial charge on any atom is 0.226 e. The van der Waals surface area contributed by atoms with E-state index in [9.17, 15) is 0 Å². The molecule has 1 aliphatic carbocycles. The highest BCUT2D eigenvalue weighted by Crippen LogP contribution is 2.48. The summed E-state index contributed by atoms with van der Waals surface area (Å²) in [6, 6.07) is 8.01. The molecule has 82 valence electrons. The fraction of sp³-hybridized carbons (Fsp3) is 0.308. The Kier molecular flexibility index (Phi) is 2.18. The minimum Gasteiger partial charge on any atom is -0.441 e. The van der Waals surface area contributed by atoms with Crippen LogP contribution in [0.25, 0.3) is 11.5 Å². The number of hydrogen-bond acceptors (Lipinski definition) is 2. The zero-order chi connectivity index (χ0) is 11.2. The molecule has 3 heteroatoms. The second kappa shape index (κ2) is 3.45. The summed E-state index contributed by atoms with van der Waals surface area (Å²) in [5, 5.41) is 0. The molecule has 0 N–H and O–H groups in total. The number of benzene rings is 1. The Morgan fingerprint density at radius 3 is 2.56 bits per heavy atom. The lowest BCUT2D eigenvalue weighted by atomic mass is 10.1. The first-order valence-corrected chi connectivity index (χ1v) is 6.19. The van der Waals surface area contributed by atoms with Gasteiger partial charge >= 0.3 is 0 Å². The van der Waals surface area contributed by atoms with Crippen LogP contribution in [0, 0.1) is 0 Å². The summed E-state index contributed by atoms with van der Waals surface area (Å²) in [5.74, 6) is 1.74. The van der Waals surface area contributed by atoms with Gasteiger partial charge in [-0.1, -0.05) is 22.9 Å². The molecule has 1 fully saturated rings. The molecule has 2 nitrogen and oxygen atoms in total. The normalized spacial score (nSPS) is 17.4. The number of nitrogens with zero attached hydrogens (tertiary/aromatic N) is 1. The third kappa shape index (κ3) is 1.69. The molecule has 1 aromatic heterocycles. The van der Waals surface area contributed by atoms with Gasteiger partial charge in [-0.05, 0) is 37.1 Å². The van der Waals surface area contributed by atoms with Gasteiger partial charge in [0, 0.05) is 15.5 Å². The smallest absolute Gasteiger partial charge is 0.226 e. The molecular weight excluding hydrogens is 266 g/mol. The number of hydrogen-bond donors (Lipinski definition) is 0. The molecule has 0 unspecified atom stereocenters. The molecule has 16 heavy (non-hydrogen) atoms. The summed E-state index contributed by atoms with van der Waals surface area (Å²) in [4.78, 5) is 4.34. The van der Waals surface area contributed by atoms with Gasteiger partial charge in [0.25, 0.3) is 0 Å². The molecule has 2 aromatic rings. The predicted octanol–water partition coefficient (Wildman–Crippen LogP) is 4.16. The third-order valence-corrected chi connectivity index (χ3v) is 3.72. The zero-order valence-corrected chi connectivity index (χ0v) is 10.6. The minimum absolute atomic E-state index is 0.251. The third-order valence-electron chi connectivity index (χ3n) is 3.19. The molecule has 0 amide bonds. The highest BCUT2D eigenvalue weighted by molar-refractivity contribution is 9.10. The van der Waals surface area contributed by atoms with Crippen LogP contribution < -0.4 is 0 Å². The first kappa shape index (κ1) is 10.1. The minimum atomic E-state index is 0.251. The lowest BCUT2D eigenvalue weighted by Gasteiger charge is -2.01. The first-order chi connectivity index (χ1) is 7.67. The van der Waals surface area contributed by atoms with Crippen LogP contribution in [0.1, 0.15) is 25.5 Å². The number of aromatic nitrogens is 1. The van der Waals surface area contributed by atoms with E-state index < -0.39 is 0 Å². The molecule has 0 atom stereocenters. The summed E-state index contributed by atoms with van der Waals surface area (Å²) in [6.07, 6.45) is 4.29. The summed E-state index contributed by atoms with van der Waals surface area (Å²) >= 11 is 3.41. The van der Waals surface area contributed by atoms with E-state index in [-0.39, 0.29) is 5.41 Å². The Morgan fingerprint density at radius 1 is 1.25 bits per heavy atom. The van der Waals surface area contributed by atoms with E-state index in [0.717, 1.165) is 21.7 Å². The number of halogens is 1. The van der Waals surface area contributed by atoms with Gasteiger partial charge in [-0.3, -0.25) is 0 Å². The molecule has 1 aromatic carbocycles. The second-order valence-electron chi connectivity index (χ2n) is 4.60. The van der Waals surface area contributed by atoms with Gasteiger partial charge in [0.05, 0.1) is 6.20 Å². The Bertz CT molecular complexity index is 511. The van der Waals surface area contributed by atoms with Gasteiger partial charge in [0.2, 0.25) is 5.89 Å². The van der Waals surface area contributed by atoms with Crippen molar-refractivity contribution >= 4 is 15.9 Å². The van der Waals surface area contributed by atoms with Crippen molar-refractivity contribution in [3.05, 3.63) is 40.7 Å². The second-order valence-corrected chi connectivity index (χ2v) is 5.51. The van der Waals surface area contributed by atoms with Crippen LogP contribution in [0.2, 0.25) is 0 Å². The van der Waals surface area contributed by atoms with Crippen LogP contribution in [-0.2, 0) is 5.41 Å². The highest BCUT2D eigenvalue weighted by Gasteiger charge is 2.42.